The average molecular weight is 467 g/mol. The molecule has 1 atom stereocenters. The summed E-state index contributed by atoms with van der Waals surface area (Å²) in [5, 5.41) is 13.5. The largest absolute Gasteiger partial charge is 0.326 e. The van der Waals surface area contributed by atoms with Crippen molar-refractivity contribution in [2.24, 2.45) is 4.99 Å². The van der Waals surface area contributed by atoms with Gasteiger partial charge >= 0.3 is 0 Å². The second kappa shape index (κ2) is 10.2. The predicted octanol–water partition coefficient (Wildman–Crippen LogP) is 4.25. The molecule has 2 amide bonds. The van der Waals surface area contributed by atoms with Crippen molar-refractivity contribution in [3.63, 3.8) is 0 Å². The first kappa shape index (κ1) is 23.9. The Morgan fingerprint density at radius 3 is 2.73 bits per heavy atom. The number of amidine groups is 1. The zero-order valence-electron chi connectivity index (χ0n) is 18.1. The molecule has 170 valence electrons. The Labute approximate surface area is 194 Å². The summed E-state index contributed by atoms with van der Waals surface area (Å²) in [6.07, 6.45) is 1.44. The molecule has 2 aromatic rings. The lowest BCUT2D eigenvalue weighted by atomic mass is 10.1. The van der Waals surface area contributed by atoms with Gasteiger partial charge in [-0.25, -0.2) is 4.99 Å². The van der Waals surface area contributed by atoms with E-state index in [1.807, 2.05) is 0 Å². The van der Waals surface area contributed by atoms with Crippen LogP contribution in [0.5, 0.6) is 0 Å². The number of nitrogens with zero attached hydrogens (tertiary/aromatic N) is 3. The molecule has 0 aliphatic carbocycles. The third-order valence-corrected chi connectivity index (χ3v) is 6.05. The maximum absolute atomic E-state index is 12.9. The van der Waals surface area contributed by atoms with Crippen molar-refractivity contribution in [2.75, 3.05) is 11.9 Å². The van der Waals surface area contributed by atoms with Gasteiger partial charge in [0.25, 0.3) is 5.69 Å². The van der Waals surface area contributed by atoms with Crippen LogP contribution in [-0.2, 0) is 9.59 Å². The Kier molecular flexibility index (Phi) is 7.39. The molecule has 1 N–H and O–H groups in total. The number of aliphatic imine (C=N–C) groups is 1. The van der Waals surface area contributed by atoms with Crippen molar-refractivity contribution in [3.8, 4) is 0 Å². The van der Waals surface area contributed by atoms with Gasteiger partial charge in [-0.3, -0.25) is 29.4 Å². The number of thioether (sulfide) groups is 1. The second-order valence-corrected chi connectivity index (χ2v) is 8.53. The standard InChI is InChI=1S/C23H22N4O5S/c1-4-10-26-22(30)20(13-21(29)24-17-7-5-6-16(11-17)15(3)28)33-23(26)25-19-12-18(27(31)32)9-8-14(19)2/h4-9,11-12,20H,1,10,13H2,2-3H3,(H,24,29)/t20-/m1/s1. The zero-order chi connectivity index (χ0) is 24.1. The summed E-state index contributed by atoms with van der Waals surface area (Å²) >= 11 is 1.13. The number of hydrogen-bond acceptors (Lipinski definition) is 7. The molecule has 9 nitrogen and oxygen atoms in total. The van der Waals surface area contributed by atoms with E-state index in [0.29, 0.717) is 27.7 Å². The van der Waals surface area contributed by atoms with Crippen LogP contribution in [-0.4, -0.2) is 44.4 Å². The number of anilines is 1. The molecular formula is C23H22N4O5S. The molecule has 0 bridgehead atoms. The average Bonchev–Trinajstić information content (AvgIpc) is 3.04. The quantitative estimate of drug-likeness (QED) is 0.269. The number of benzene rings is 2. The fourth-order valence-electron chi connectivity index (χ4n) is 3.15. The van der Waals surface area contributed by atoms with E-state index < -0.39 is 10.2 Å². The van der Waals surface area contributed by atoms with Crippen molar-refractivity contribution >= 4 is 51.6 Å². The molecule has 1 aliphatic rings. The third kappa shape index (κ3) is 5.72. The van der Waals surface area contributed by atoms with E-state index >= 15 is 0 Å². The molecule has 3 rings (SSSR count). The highest BCUT2D eigenvalue weighted by Gasteiger charge is 2.38. The number of hydrogen-bond donors (Lipinski definition) is 1. The molecule has 10 heteroatoms. The van der Waals surface area contributed by atoms with Crippen LogP contribution in [0.15, 0.2) is 60.1 Å². The fraction of sp³-hybridized carbons (Fsp3) is 0.217. The van der Waals surface area contributed by atoms with Crippen molar-refractivity contribution in [1.29, 1.82) is 0 Å². The Balaban J connectivity index is 1.80. The summed E-state index contributed by atoms with van der Waals surface area (Å²) in [5.74, 6) is -0.799. The number of nitro benzene ring substituents is 1. The molecule has 33 heavy (non-hydrogen) atoms. The van der Waals surface area contributed by atoms with Gasteiger partial charge in [0.1, 0.15) is 5.25 Å². The Morgan fingerprint density at radius 1 is 1.30 bits per heavy atom. The van der Waals surface area contributed by atoms with Crippen LogP contribution < -0.4 is 5.32 Å². The van der Waals surface area contributed by atoms with Crippen LogP contribution in [0.4, 0.5) is 17.1 Å². The Hall–Kier alpha value is -3.79. The van der Waals surface area contributed by atoms with Crippen LogP contribution >= 0.6 is 11.8 Å². The first-order valence-corrected chi connectivity index (χ1v) is 10.9. The number of nitro groups is 1. The Bertz CT molecular complexity index is 1180. The SMILES string of the molecule is C=CCN1C(=O)[C@@H](CC(=O)Nc2cccc(C(C)=O)c2)SC1=Nc1cc([N+](=O)[O-])ccc1C. The van der Waals surface area contributed by atoms with Gasteiger partial charge in [-0.05, 0) is 31.5 Å². The molecule has 1 saturated heterocycles. The van der Waals surface area contributed by atoms with Crippen molar-refractivity contribution in [2.45, 2.75) is 25.5 Å². The zero-order valence-corrected chi connectivity index (χ0v) is 18.9. The van der Waals surface area contributed by atoms with Crippen molar-refractivity contribution in [1.82, 2.24) is 4.90 Å². The van der Waals surface area contributed by atoms with E-state index in [9.17, 15) is 24.5 Å². The number of non-ortho nitro benzene ring substituents is 1. The lowest BCUT2D eigenvalue weighted by Crippen LogP contribution is -2.33. The highest BCUT2D eigenvalue weighted by atomic mass is 32.2. The van der Waals surface area contributed by atoms with Gasteiger partial charge in [-0.2, -0.15) is 0 Å². The number of carbonyl (C=O) groups excluding carboxylic acids is 3. The van der Waals surface area contributed by atoms with E-state index in [-0.39, 0.29) is 36.3 Å². The summed E-state index contributed by atoms with van der Waals surface area (Å²) in [6, 6.07) is 10.9. The monoisotopic (exact) mass is 466 g/mol. The van der Waals surface area contributed by atoms with Gasteiger partial charge in [0.2, 0.25) is 11.8 Å². The van der Waals surface area contributed by atoms with E-state index in [2.05, 4.69) is 16.9 Å². The molecule has 0 unspecified atom stereocenters. The number of rotatable bonds is 8. The highest BCUT2D eigenvalue weighted by molar-refractivity contribution is 8.15. The van der Waals surface area contributed by atoms with Crippen LogP contribution in [0.3, 0.4) is 0 Å². The maximum atomic E-state index is 12.9. The minimum Gasteiger partial charge on any atom is -0.326 e. The molecule has 0 saturated carbocycles. The van der Waals surface area contributed by atoms with Gasteiger partial charge in [0.15, 0.2) is 11.0 Å². The summed E-state index contributed by atoms with van der Waals surface area (Å²) in [7, 11) is 0. The van der Waals surface area contributed by atoms with Gasteiger partial charge in [0, 0.05) is 36.3 Å². The number of carbonyl (C=O) groups is 3. The van der Waals surface area contributed by atoms with Crippen LogP contribution in [0.2, 0.25) is 0 Å². The highest BCUT2D eigenvalue weighted by Crippen LogP contribution is 2.33. The number of aryl methyl sites for hydroxylation is 1. The van der Waals surface area contributed by atoms with Crippen LogP contribution in [0.25, 0.3) is 0 Å². The normalized spacial score (nSPS) is 16.7. The molecule has 1 heterocycles. The Morgan fingerprint density at radius 2 is 2.06 bits per heavy atom. The number of ketones is 1. The van der Waals surface area contributed by atoms with Gasteiger partial charge < -0.3 is 5.32 Å². The smallest absolute Gasteiger partial charge is 0.271 e. The molecule has 0 spiro atoms. The fourth-order valence-corrected chi connectivity index (χ4v) is 4.31. The summed E-state index contributed by atoms with van der Waals surface area (Å²) < 4.78 is 0. The molecule has 2 aromatic carbocycles. The summed E-state index contributed by atoms with van der Waals surface area (Å²) in [4.78, 5) is 53.6. The maximum Gasteiger partial charge on any atom is 0.271 e. The molecule has 0 radical (unpaired) electrons. The van der Waals surface area contributed by atoms with Gasteiger partial charge in [-0.1, -0.05) is 36.0 Å². The van der Waals surface area contributed by atoms with Gasteiger partial charge in [0.05, 0.1) is 10.6 Å². The van der Waals surface area contributed by atoms with E-state index in [4.69, 9.17) is 0 Å². The summed E-state index contributed by atoms with van der Waals surface area (Å²) in [6.45, 7) is 7.06. The van der Waals surface area contributed by atoms with Crippen LogP contribution in [0.1, 0.15) is 29.3 Å². The minimum atomic E-state index is -0.710. The lowest BCUT2D eigenvalue weighted by molar-refractivity contribution is -0.384. The topological polar surface area (TPSA) is 122 Å². The van der Waals surface area contributed by atoms with Crippen molar-refractivity contribution < 1.29 is 19.3 Å². The molecule has 1 fully saturated rings. The van der Waals surface area contributed by atoms with Crippen molar-refractivity contribution in [3.05, 3.63) is 76.4 Å². The van der Waals surface area contributed by atoms with E-state index in [1.54, 1.807) is 43.3 Å². The number of nitrogens with one attached hydrogen (secondary N) is 1. The summed E-state index contributed by atoms with van der Waals surface area (Å²) in [5.41, 5.74) is 1.92. The first-order chi connectivity index (χ1) is 15.7. The van der Waals surface area contributed by atoms with E-state index in [1.165, 1.54) is 24.0 Å². The number of amides is 2. The van der Waals surface area contributed by atoms with Gasteiger partial charge in [-0.15, -0.1) is 6.58 Å². The predicted molar refractivity (Wildman–Crippen MR) is 128 cm³/mol. The van der Waals surface area contributed by atoms with E-state index in [0.717, 1.165) is 11.8 Å². The molecule has 0 aromatic heterocycles. The molecular weight excluding hydrogens is 444 g/mol. The number of Topliss-reactive ketones (excluding diaryl/α,β-unsaturated/α-hetero) is 1. The lowest BCUT2D eigenvalue weighted by Gasteiger charge is -2.14. The molecule has 1 aliphatic heterocycles. The third-order valence-electron chi connectivity index (χ3n) is 4.87. The first-order valence-electron chi connectivity index (χ1n) is 10.0. The second-order valence-electron chi connectivity index (χ2n) is 7.36. The van der Waals surface area contributed by atoms with Crippen LogP contribution in [0, 0.1) is 17.0 Å². The minimum absolute atomic E-state index is 0.103.